The Morgan fingerprint density at radius 1 is 0.931 bits per heavy atom. The maximum absolute atomic E-state index is 12.3. The molecule has 2 aliphatic rings. The molecule has 2 fully saturated rings. The summed E-state index contributed by atoms with van der Waals surface area (Å²) in [6.07, 6.45) is 6.25. The van der Waals surface area contributed by atoms with Crippen LogP contribution >= 0.6 is 0 Å². The lowest BCUT2D eigenvalue weighted by atomic mass is 9.62. The van der Waals surface area contributed by atoms with Crippen LogP contribution in [0.15, 0.2) is 42.7 Å². The van der Waals surface area contributed by atoms with Gasteiger partial charge in [-0.2, -0.15) is 0 Å². The molecular formula is C25H35N3O. The van der Waals surface area contributed by atoms with Gasteiger partial charge in [0, 0.05) is 43.4 Å². The molecule has 0 spiro atoms. The standard InChI is InChI=1S/C25H35N3O/c1-23(2,3)19-8-10-20(11-9-19)25(29,24(4)17-27(5)18-24)21-14-22(16-26-15-21)28-12-6-7-13-28/h8-11,14-16,29H,6-7,12-13,17-18H2,1-5H3. The van der Waals surface area contributed by atoms with E-state index < -0.39 is 5.60 Å². The van der Waals surface area contributed by atoms with E-state index >= 15 is 0 Å². The molecule has 1 N–H and O–H groups in total. The van der Waals surface area contributed by atoms with Crippen LogP contribution in [0.25, 0.3) is 0 Å². The molecule has 1 aromatic heterocycles. The fourth-order valence-electron chi connectivity index (χ4n) is 5.22. The van der Waals surface area contributed by atoms with Crippen molar-refractivity contribution in [2.75, 3.05) is 38.1 Å². The number of rotatable bonds is 4. The molecule has 2 aromatic rings. The summed E-state index contributed by atoms with van der Waals surface area (Å²) < 4.78 is 0. The smallest absolute Gasteiger partial charge is 0.124 e. The Labute approximate surface area is 175 Å². The molecule has 4 heteroatoms. The van der Waals surface area contributed by atoms with Crippen molar-refractivity contribution < 1.29 is 5.11 Å². The minimum absolute atomic E-state index is 0.0917. The monoisotopic (exact) mass is 393 g/mol. The Hall–Kier alpha value is -1.91. The van der Waals surface area contributed by atoms with Gasteiger partial charge < -0.3 is 14.9 Å². The SMILES string of the molecule is CN1CC(C)(C(O)(c2ccc(C(C)(C)C)cc2)c2cncc(N3CCCC3)c2)C1. The third kappa shape index (κ3) is 3.47. The quantitative estimate of drug-likeness (QED) is 0.846. The maximum Gasteiger partial charge on any atom is 0.124 e. The van der Waals surface area contributed by atoms with Crippen LogP contribution in [0.1, 0.15) is 57.2 Å². The normalized spacial score (nSPS) is 21.7. The van der Waals surface area contributed by atoms with Crippen LogP contribution in [0, 0.1) is 5.41 Å². The van der Waals surface area contributed by atoms with E-state index in [0.717, 1.165) is 43.0 Å². The zero-order chi connectivity index (χ0) is 20.9. The van der Waals surface area contributed by atoms with Gasteiger partial charge in [-0.3, -0.25) is 4.98 Å². The van der Waals surface area contributed by atoms with Crippen LogP contribution in [0.3, 0.4) is 0 Å². The molecule has 0 saturated carbocycles. The third-order valence-corrected chi connectivity index (χ3v) is 6.89. The largest absolute Gasteiger partial charge is 0.380 e. The zero-order valence-electron chi connectivity index (χ0n) is 18.6. The fraction of sp³-hybridized carbons (Fsp3) is 0.560. The maximum atomic E-state index is 12.3. The van der Waals surface area contributed by atoms with Crippen molar-refractivity contribution in [3.05, 3.63) is 59.4 Å². The van der Waals surface area contributed by atoms with Crippen molar-refractivity contribution >= 4 is 5.69 Å². The molecule has 3 heterocycles. The molecule has 1 atom stereocenters. The van der Waals surface area contributed by atoms with Gasteiger partial charge in [0.25, 0.3) is 0 Å². The van der Waals surface area contributed by atoms with Gasteiger partial charge in [-0.25, -0.2) is 0 Å². The van der Waals surface area contributed by atoms with Gasteiger partial charge >= 0.3 is 0 Å². The fourth-order valence-corrected chi connectivity index (χ4v) is 5.22. The molecule has 4 nitrogen and oxygen atoms in total. The Balaban J connectivity index is 1.79. The highest BCUT2D eigenvalue weighted by atomic mass is 16.3. The summed E-state index contributed by atoms with van der Waals surface area (Å²) in [5.41, 5.74) is 3.04. The van der Waals surface area contributed by atoms with Crippen molar-refractivity contribution in [2.45, 2.75) is 51.6 Å². The highest BCUT2D eigenvalue weighted by molar-refractivity contribution is 5.51. The van der Waals surface area contributed by atoms with E-state index in [1.54, 1.807) is 0 Å². The Bertz CT molecular complexity index is 858. The summed E-state index contributed by atoms with van der Waals surface area (Å²) >= 11 is 0. The van der Waals surface area contributed by atoms with E-state index in [2.05, 4.69) is 79.9 Å². The summed E-state index contributed by atoms with van der Waals surface area (Å²) in [7, 11) is 2.11. The Morgan fingerprint density at radius 3 is 2.07 bits per heavy atom. The lowest BCUT2D eigenvalue weighted by Gasteiger charge is -2.56. The van der Waals surface area contributed by atoms with Gasteiger partial charge in [0.2, 0.25) is 0 Å². The molecule has 2 saturated heterocycles. The van der Waals surface area contributed by atoms with E-state index in [4.69, 9.17) is 0 Å². The second-order valence-corrected chi connectivity index (χ2v) is 10.4. The van der Waals surface area contributed by atoms with E-state index in [9.17, 15) is 5.11 Å². The van der Waals surface area contributed by atoms with Crippen LogP contribution in [0.5, 0.6) is 0 Å². The van der Waals surface area contributed by atoms with Gasteiger partial charge in [-0.15, -0.1) is 0 Å². The molecule has 1 unspecified atom stereocenters. The first-order chi connectivity index (χ1) is 13.6. The van der Waals surface area contributed by atoms with E-state index in [0.29, 0.717) is 0 Å². The van der Waals surface area contributed by atoms with Crippen molar-refractivity contribution in [2.24, 2.45) is 5.41 Å². The van der Waals surface area contributed by atoms with Crippen LogP contribution in [-0.2, 0) is 11.0 Å². The van der Waals surface area contributed by atoms with Crippen molar-refractivity contribution in [3.8, 4) is 0 Å². The molecule has 156 valence electrons. The summed E-state index contributed by atoms with van der Waals surface area (Å²) in [5.74, 6) is 0. The summed E-state index contributed by atoms with van der Waals surface area (Å²) in [6.45, 7) is 12.7. The number of aliphatic hydroxyl groups is 1. The Kier molecular flexibility index (Phi) is 4.99. The van der Waals surface area contributed by atoms with Gasteiger partial charge in [0.05, 0.1) is 11.9 Å². The molecule has 2 aliphatic heterocycles. The minimum Gasteiger partial charge on any atom is -0.380 e. The zero-order valence-corrected chi connectivity index (χ0v) is 18.6. The minimum atomic E-state index is -1.07. The predicted molar refractivity (Wildman–Crippen MR) is 119 cm³/mol. The number of hydrogen-bond acceptors (Lipinski definition) is 4. The highest BCUT2D eigenvalue weighted by Gasteiger charge is 2.55. The lowest BCUT2D eigenvalue weighted by molar-refractivity contribution is -0.127. The van der Waals surface area contributed by atoms with Crippen LogP contribution in [0.2, 0.25) is 0 Å². The average Bonchev–Trinajstić information content (AvgIpc) is 3.20. The van der Waals surface area contributed by atoms with Crippen LogP contribution in [-0.4, -0.2) is 48.2 Å². The number of pyridine rings is 1. The number of hydrogen-bond donors (Lipinski definition) is 1. The molecule has 29 heavy (non-hydrogen) atoms. The third-order valence-electron chi connectivity index (χ3n) is 6.89. The number of benzene rings is 1. The number of anilines is 1. The van der Waals surface area contributed by atoms with E-state index in [1.165, 1.54) is 18.4 Å². The second kappa shape index (κ2) is 7.10. The van der Waals surface area contributed by atoms with Gasteiger partial charge in [-0.1, -0.05) is 52.0 Å². The summed E-state index contributed by atoms with van der Waals surface area (Å²) in [6, 6.07) is 10.7. The summed E-state index contributed by atoms with van der Waals surface area (Å²) in [5, 5.41) is 12.3. The van der Waals surface area contributed by atoms with Crippen LogP contribution in [0.4, 0.5) is 5.69 Å². The number of nitrogens with zero attached hydrogens (tertiary/aromatic N) is 3. The van der Waals surface area contributed by atoms with E-state index in [1.807, 2.05) is 12.4 Å². The topological polar surface area (TPSA) is 39.6 Å². The van der Waals surface area contributed by atoms with Crippen LogP contribution < -0.4 is 4.90 Å². The number of likely N-dealkylation sites (tertiary alicyclic amines) is 1. The first-order valence-corrected chi connectivity index (χ1v) is 10.9. The predicted octanol–water partition coefficient (Wildman–Crippen LogP) is 4.17. The Morgan fingerprint density at radius 2 is 1.52 bits per heavy atom. The molecule has 4 rings (SSSR count). The first-order valence-electron chi connectivity index (χ1n) is 10.9. The van der Waals surface area contributed by atoms with Crippen molar-refractivity contribution in [3.63, 3.8) is 0 Å². The van der Waals surface area contributed by atoms with E-state index in [-0.39, 0.29) is 10.8 Å². The lowest BCUT2D eigenvalue weighted by Crippen LogP contribution is -2.63. The second-order valence-electron chi connectivity index (χ2n) is 10.4. The molecule has 0 radical (unpaired) electrons. The molecule has 0 bridgehead atoms. The van der Waals surface area contributed by atoms with Crippen molar-refractivity contribution in [1.82, 2.24) is 9.88 Å². The summed E-state index contributed by atoms with van der Waals surface area (Å²) in [4.78, 5) is 9.21. The molecular weight excluding hydrogens is 358 g/mol. The number of aromatic nitrogens is 1. The van der Waals surface area contributed by atoms with Gasteiger partial charge in [0.15, 0.2) is 0 Å². The molecule has 0 amide bonds. The molecule has 1 aromatic carbocycles. The van der Waals surface area contributed by atoms with Gasteiger partial charge in [-0.05, 0) is 42.5 Å². The molecule has 0 aliphatic carbocycles. The van der Waals surface area contributed by atoms with Gasteiger partial charge in [0.1, 0.15) is 5.60 Å². The first kappa shape index (κ1) is 20.4. The average molecular weight is 394 g/mol. The van der Waals surface area contributed by atoms with Crippen molar-refractivity contribution in [1.29, 1.82) is 0 Å². The highest BCUT2D eigenvalue weighted by Crippen LogP contribution is 2.50.